The van der Waals surface area contributed by atoms with E-state index in [0.29, 0.717) is 43.6 Å². The van der Waals surface area contributed by atoms with E-state index >= 15 is 0 Å². The highest BCUT2D eigenvalue weighted by molar-refractivity contribution is 5.94. The lowest BCUT2D eigenvalue weighted by atomic mass is 9.88. The highest BCUT2D eigenvalue weighted by Gasteiger charge is 2.33. The summed E-state index contributed by atoms with van der Waals surface area (Å²) < 4.78 is 15.2. The molecule has 0 radical (unpaired) electrons. The zero-order valence-corrected chi connectivity index (χ0v) is 22.2. The van der Waals surface area contributed by atoms with Crippen molar-refractivity contribution in [2.75, 3.05) is 6.54 Å². The molecule has 0 saturated heterocycles. The number of hydrogen-bond acceptors (Lipinski definition) is 3. The van der Waals surface area contributed by atoms with E-state index in [2.05, 4.69) is 14.8 Å². The van der Waals surface area contributed by atoms with Gasteiger partial charge in [0.05, 0.1) is 11.0 Å². The summed E-state index contributed by atoms with van der Waals surface area (Å²) in [5.74, 6) is 0.519. The van der Waals surface area contributed by atoms with Gasteiger partial charge in [-0.2, -0.15) is 0 Å². The Morgan fingerprint density at radius 1 is 0.895 bits per heavy atom. The third-order valence-corrected chi connectivity index (χ3v) is 8.22. The summed E-state index contributed by atoms with van der Waals surface area (Å²) in [6.45, 7) is 0.786. The first-order chi connectivity index (χ1) is 18.6. The SMILES string of the molecule is O=C(NCCCc1nc2ccccc2n1CC(=O)N(C1CCCCC1)C1CCCCC1)c1ccc(F)cc1. The number of hydrogen-bond donors (Lipinski definition) is 1. The van der Waals surface area contributed by atoms with Gasteiger partial charge in [-0.15, -0.1) is 0 Å². The fourth-order valence-corrected chi connectivity index (χ4v) is 6.29. The molecule has 2 amide bonds. The summed E-state index contributed by atoms with van der Waals surface area (Å²) in [7, 11) is 0. The number of rotatable bonds is 9. The van der Waals surface area contributed by atoms with Crippen LogP contribution in [0.2, 0.25) is 0 Å². The Labute approximate surface area is 224 Å². The highest BCUT2D eigenvalue weighted by Crippen LogP contribution is 2.31. The van der Waals surface area contributed by atoms with E-state index in [1.165, 1.54) is 62.8 Å². The lowest BCUT2D eigenvalue weighted by Gasteiger charge is -2.42. The number of imidazole rings is 1. The summed E-state index contributed by atoms with van der Waals surface area (Å²) in [5, 5.41) is 2.91. The van der Waals surface area contributed by atoms with Gasteiger partial charge in [0.25, 0.3) is 5.91 Å². The molecule has 2 aliphatic carbocycles. The van der Waals surface area contributed by atoms with Crippen molar-refractivity contribution in [1.82, 2.24) is 19.8 Å². The first-order valence-corrected chi connectivity index (χ1v) is 14.4. The van der Waals surface area contributed by atoms with Crippen LogP contribution >= 0.6 is 0 Å². The Morgan fingerprint density at radius 2 is 1.53 bits per heavy atom. The van der Waals surface area contributed by atoms with Crippen LogP contribution in [0.5, 0.6) is 0 Å². The minimum Gasteiger partial charge on any atom is -0.352 e. The molecule has 1 aromatic heterocycles. The van der Waals surface area contributed by atoms with Crippen LogP contribution in [0.3, 0.4) is 0 Å². The number of fused-ring (bicyclic) bond motifs is 1. The summed E-state index contributed by atoms with van der Waals surface area (Å²) in [6.07, 6.45) is 13.2. The second-order valence-electron chi connectivity index (χ2n) is 10.9. The number of benzene rings is 2. The molecule has 6 nitrogen and oxygen atoms in total. The fourth-order valence-electron chi connectivity index (χ4n) is 6.29. The molecule has 1 N–H and O–H groups in total. The summed E-state index contributed by atoms with van der Waals surface area (Å²) in [5.41, 5.74) is 2.32. The third-order valence-electron chi connectivity index (χ3n) is 8.22. The summed E-state index contributed by atoms with van der Waals surface area (Å²) >= 11 is 0. The number of amides is 2. The van der Waals surface area contributed by atoms with Gasteiger partial charge in [0.2, 0.25) is 5.91 Å². The monoisotopic (exact) mass is 518 g/mol. The minimum absolute atomic E-state index is 0.218. The van der Waals surface area contributed by atoms with Crippen molar-refractivity contribution in [2.24, 2.45) is 0 Å². The van der Waals surface area contributed by atoms with Crippen molar-refractivity contribution < 1.29 is 14.0 Å². The summed E-state index contributed by atoms with van der Waals surface area (Å²) in [6, 6.07) is 14.3. The second kappa shape index (κ2) is 12.5. The van der Waals surface area contributed by atoms with E-state index in [4.69, 9.17) is 4.98 Å². The molecule has 7 heteroatoms. The van der Waals surface area contributed by atoms with E-state index in [1.807, 2.05) is 24.3 Å². The van der Waals surface area contributed by atoms with Crippen molar-refractivity contribution in [1.29, 1.82) is 0 Å². The predicted molar refractivity (Wildman–Crippen MR) is 147 cm³/mol. The van der Waals surface area contributed by atoms with E-state index in [9.17, 15) is 14.0 Å². The molecule has 1 heterocycles. The van der Waals surface area contributed by atoms with Crippen molar-refractivity contribution in [2.45, 2.75) is 95.7 Å². The number of aryl methyl sites for hydroxylation is 1. The fraction of sp³-hybridized carbons (Fsp3) is 0.516. The smallest absolute Gasteiger partial charge is 0.251 e. The zero-order chi connectivity index (χ0) is 26.3. The van der Waals surface area contributed by atoms with E-state index in [0.717, 1.165) is 42.5 Å². The molecule has 0 aliphatic heterocycles. The molecule has 2 aliphatic rings. The molecule has 38 heavy (non-hydrogen) atoms. The molecular weight excluding hydrogens is 479 g/mol. The average Bonchev–Trinajstić information content (AvgIpc) is 3.29. The van der Waals surface area contributed by atoms with Gasteiger partial charge >= 0.3 is 0 Å². The van der Waals surface area contributed by atoms with Crippen LogP contribution < -0.4 is 5.32 Å². The predicted octanol–water partition coefficient (Wildman–Crippen LogP) is 6.03. The molecule has 0 spiro atoms. The number of para-hydroxylation sites is 2. The molecule has 0 bridgehead atoms. The minimum atomic E-state index is -0.361. The van der Waals surface area contributed by atoms with Crippen LogP contribution in [0.15, 0.2) is 48.5 Å². The van der Waals surface area contributed by atoms with Gasteiger partial charge in [-0.25, -0.2) is 9.37 Å². The molecule has 2 fully saturated rings. The van der Waals surface area contributed by atoms with Crippen molar-refractivity contribution >= 4 is 22.8 Å². The molecule has 2 aromatic carbocycles. The van der Waals surface area contributed by atoms with Gasteiger partial charge in [0, 0.05) is 30.6 Å². The maximum Gasteiger partial charge on any atom is 0.251 e. The van der Waals surface area contributed by atoms with Crippen LogP contribution in [0.4, 0.5) is 4.39 Å². The van der Waals surface area contributed by atoms with Gasteiger partial charge in [-0.05, 0) is 68.5 Å². The maximum absolute atomic E-state index is 14.0. The quantitative estimate of drug-likeness (QED) is 0.352. The van der Waals surface area contributed by atoms with Crippen LogP contribution in [0.1, 0.15) is 86.8 Å². The van der Waals surface area contributed by atoms with Gasteiger partial charge in [-0.3, -0.25) is 9.59 Å². The van der Waals surface area contributed by atoms with Crippen molar-refractivity contribution in [3.8, 4) is 0 Å². The van der Waals surface area contributed by atoms with Gasteiger partial charge in [0.1, 0.15) is 18.2 Å². The number of carbonyl (C=O) groups excluding carboxylic acids is 2. The second-order valence-corrected chi connectivity index (χ2v) is 10.9. The standard InChI is InChI=1S/C31H39FN4O2/c32-24-19-17-23(18-20-24)31(38)33-21-9-16-29-34-27-14-7-8-15-28(27)35(29)22-30(37)36(25-10-3-1-4-11-25)26-12-5-2-6-13-26/h7-8,14-15,17-20,25-26H,1-6,9-13,16,21-22H2,(H,33,38). The third kappa shape index (κ3) is 6.25. The molecular formula is C31H39FN4O2. The van der Waals surface area contributed by atoms with E-state index in [1.54, 1.807) is 0 Å². The van der Waals surface area contributed by atoms with Crippen LogP contribution in [-0.2, 0) is 17.8 Å². The van der Waals surface area contributed by atoms with Crippen molar-refractivity contribution in [3.05, 3.63) is 65.7 Å². The lowest BCUT2D eigenvalue weighted by molar-refractivity contribution is -0.138. The number of aromatic nitrogens is 2. The Kier molecular flexibility index (Phi) is 8.72. The molecule has 3 aromatic rings. The molecule has 2 saturated carbocycles. The number of nitrogens with one attached hydrogen (secondary N) is 1. The first-order valence-electron chi connectivity index (χ1n) is 14.4. The zero-order valence-electron chi connectivity index (χ0n) is 22.2. The molecule has 0 atom stereocenters. The maximum atomic E-state index is 14.0. The summed E-state index contributed by atoms with van der Waals surface area (Å²) in [4.78, 5) is 33.5. The van der Waals surface area contributed by atoms with E-state index < -0.39 is 0 Å². The normalized spacial score (nSPS) is 17.0. The number of nitrogens with zero attached hydrogens (tertiary/aromatic N) is 3. The number of carbonyl (C=O) groups is 2. The first kappa shape index (κ1) is 26.4. The van der Waals surface area contributed by atoms with Gasteiger partial charge < -0.3 is 14.8 Å². The Bertz CT molecular complexity index is 1210. The average molecular weight is 519 g/mol. The van der Waals surface area contributed by atoms with Crippen molar-refractivity contribution in [3.63, 3.8) is 0 Å². The Morgan fingerprint density at radius 3 is 2.18 bits per heavy atom. The molecule has 0 unspecified atom stereocenters. The van der Waals surface area contributed by atoms with Gasteiger partial charge in [0.15, 0.2) is 0 Å². The van der Waals surface area contributed by atoms with Crippen LogP contribution in [0.25, 0.3) is 11.0 Å². The Balaban J connectivity index is 1.29. The van der Waals surface area contributed by atoms with E-state index in [-0.39, 0.29) is 17.6 Å². The van der Waals surface area contributed by atoms with Crippen LogP contribution in [-0.4, -0.2) is 44.9 Å². The van der Waals surface area contributed by atoms with Crippen LogP contribution in [0, 0.1) is 5.82 Å². The number of halogens is 1. The highest BCUT2D eigenvalue weighted by atomic mass is 19.1. The largest absolute Gasteiger partial charge is 0.352 e. The topological polar surface area (TPSA) is 67.2 Å². The Hall–Kier alpha value is -3.22. The van der Waals surface area contributed by atoms with Gasteiger partial charge in [-0.1, -0.05) is 50.7 Å². The molecule has 5 rings (SSSR count). The molecule has 202 valence electrons. The lowest BCUT2D eigenvalue weighted by Crippen LogP contribution is -2.50.